The van der Waals surface area contributed by atoms with Crippen molar-refractivity contribution in [2.24, 2.45) is 0 Å². The van der Waals surface area contributed by atoms with Crippen LogP contribution in [0.3, 0.4) is 0 Å². The van der Waals surface area contributed by atoms with Gasteiger partial charge in [0.15, 0.2) is 0 Å². The van der Waals surface area contributed by atoms with Crippen LogP contribution < -0.4 is 9.80 Å². The van der Waals surface area contributed by atoms with E-state index in [4.69, 9.17) is 0 Å². The Morgan fingerprint density at radius 2 is 1.44 bits per heavy atom. The maximum absolute atomic E-state index is 10.1. The molecule has 0 unspecified atom stereocenters. The molecule has 6 rings (SSSR count). The highest BCUT2D eigenvalue weighted by Gasteiger charge is 2.39. The fourth-order valence-electron chi connectivity index (χ4n) is 7.40. The van der Waals surface area contributed by atoms with Gasteiger partial charge in [0.05, 0.1) is 12.3 Å². The average molecular weight is 633 g/mol. The second kappa shape index (κ2) is 13.7. The van der Waals surface area contributed by atoms with E-state index in [0.29, 0.717) is 6.54 Å². The van der Waals surface area contributed by atoms with E-state index >= 15 is 0 Å². The summed E-state index contributed by atoms with van der Waals surface area (Å²) in [7, 11) is 0. The van der Waals surface area contributed by atoms with Gasteiger partial charge >= 0.3 is 0 Å². The summed E-state index contributed by atoms with van der Waals surface area (Å²) in [6.07, 6.45) is 11.0. The average Bonchev–Trinajstić information content (AvgIpc) is 3.58. The molecule has 0 aromatic heterocycles. The van der Waals surface area contributed by atoms with Crippen LogP contribution in [0.5, 0.6) is 0 Å². The van der Waals surface area contributed by atoms with E-state index in [1.807, 2.05) is 0 Å². The van der Waals surface area contributed by atoms with E-state index in [2.05, 4.69) is 184 Å². The van der Waals surface area contributed by atoms with Gasteiger partial charge in [0.1, 0.15) is 0 Å². The first kappa shape index (κ1) is 33.1. The maximum atomic E-state index is 10.1. The van der Waals surface area contributed by atoms with Crippen LogP contribution in [-0.2, 0) is 10.8 Å². The van der Waals surface area contributed by atoms with Crippen LogP contribution in [0.15, 0.2) is 168 Å². The zero-order chi connectivity index (χ0) is 33.9. The summed E-state index contributed by atoms with van der Waals surface area (Å²) in [5.74, 6) is 0. The molecule has 0 amide bonds. The molecule has 1 heterocycles. The Labute approximate surface area is 287 Å². The molecular formula is C45H48N2O. The number of fused-ring (bicyclic) bond motifs is 1. The number of rotatable bonds is 10. The molecule has 244 valence electrons. The second-order valence-corrected chi connectivity index (χ2v) is 13.9. The molecule has 0 saturated carbocycles. The predicted molar refractivity (Wildman–Crippen MR) is 204 cm³/mol. The number of aliphatic hydroxyl groups is 1. The summed E-state index contributed by atoms with van der Waals surface area (Å²) < 4.78 is 0. The monoisotopic (exact) mass is 632 g/mol. The van der Waals surface area contributed by atoms with Gasteiger partial charge in [-0.05, 0) is 89.6 Å². The van der Waals surface area contributed by atoms with Crippen LogP contribution in [0, 0.1) is 6.92 Å². The van der Waals surface area contributed by atoms with Gasteiger partial charge in [-0.25, -0.2) is 0 Å². The SMILES string of the molecule is C=C(/C=C/C1=C(N(c2ccccc2)c2ccccc2)C(=C/C=C2/N(CCO)c3ccccc3C2(C)C)/CC1)C(C)(C)c1ccccc1C. The van der Waals surface area contributed by atoms with Crippen molar-refractivity contribution in [3.8, 4) is 0 Å². The van der Waals surface area contributed by atoms with Gasteiger partial charge in [0.2, 0.25) is 0 Å². The van der Waals surface area contributed by atoms with Gasteiger partial charge in [-0.3, -0.25) is 0 Å². The highest BCUT2D eigenvalue weighted by Crippen LogP contribution is 2.48. The lowest BCUT2D eigenvalue weighted by Crippen LogP contribution is -2.28. The lowest BCUT2D eigenvalue weighted by Gasteiger charge is -2.29. The van der Waals surface area contributed by atoms with Crippen LogP contribution in [0.25, 0.3) is 0 Å². The van der Waals surface area contributed by atoms with Crippen molar-refractivity contribution in [3.05, 3.63) is 185 Å². The Morgan fingerprint density at radius 1 is 0.833 bits per heavy atom. The lowest BCUT2D eigenvalue weighted by atomic mass is 9.76. The third-order valence-electron chi connectivity index (χ3n) is 10.2. The number of aliphatic hydroxyl groups excluding tert-OH is 1. The number of nitrogens with zero attached hydrogens (tertiary/aromatic N) is 2. The molecule has 1 N–H and O–H groups in total. The van der Waals surface area contributed by atoms with Crippen LogP contribution in [0.1, 0.15) is 57.2 Å². The maximum Gasteiger partial charge on any atom is 0.0610 e. The Balaban J connectivity index is 1.49. The van der Waals surface area contributed by atoms with Crippen molar-refractivity contribution in [2.75, 3.05) is 23.0 Å². The van der Waals surface area contributed by atoms with Gasteiger partial charge in [0.25, 0.3) is 0 Å². The fraction of sp³-hybridized carbons (Fsp3) is 0.244. The zero-order valence-corrected chi connectivity index (χ0v) is 29.1. The molecule has 0 fully saturated rings. The zero-order valence-electron chi connectivity index (χ0n) is 29.1. The van der Waals surface area contributed by atoms with E-state index in [1.165, 1.54) is 44.9 Å². The lowest BCUT2D eigenvalue weighted by molar-refractivity contribution is 0.304. The molecule has 48 heavy (non-hydrogen) atoms. The smallest absolute Gasteiger partial charge is 0.0610 e. The third-order valence-corrected chi connectivity index (χ3v) is 10.2. The number of hydrogen-bond donors (Lipinski definition) is 1. The highest BCUT2D eigenvalue weighted by atomic mass is 16.3. The summed E-state index contributed by atoms with van der Waals surface area (Å²) in [5, 5.41) is 10.1. The van der Waals surface area contributed by atoms with Crippen LogP contribution in [0.2, 0.25) is 0 Å². The largest absolute Gasteiger partial charge is 0.395 e. The number of allylic oxidation sites excluding steroid dienone is 8. The number of benzene rings is 4. The third kappa shape index (κ3) is 6.23. The van der Waals surface area contributed by atoms with Crippen LogP contribution in [0.4, 0.5) is 17.1 Å². The van der Waals surface area contributed by atoms with Crippen molar-refractivity contribution >= 4 is 17.1 Å². The summed E-state index contributed by atoms with van der Waals surface area (Å²) in [5.41, 5.74) is 13.0. The van der Waals surface area contributed by atoms with E-state index in [-0.39, 0.29) is 17.4 Å². The highest BCUT2D eigenvalue weighted by molar-refractivity contribution is 5.75. The summed E-state index contributed by atoms with van der Waals surface area (Å²) in [6, 6.07) is 38.6. The van der Waals surface area contributed by atoms with E-state index in [9.17, 15) is 5.11 Å². The minimum absolute atomic E-state index is 0.0942. The van der Waals surface area contributed by atoms with Gasteiger partial charge < -0.3 is 14.9 Å². The fourth-order valence-corrected chi connectivity index (χ4v) is 7.40. The first-order chi connectivity index (χ1) is 23.1. The predicted octanol–water partition coefficient (Wildman–Crippen LogP) is 10.9. The molecule has 0 radical (unpaired) electrons. The Hall–Kier alpha value is -4.86. The summed E-state index contributed by atoms with van der Waals surface area (Å²) >= 11 is 0. The van der Waals surface area contributed by atoms with Crippen molar-refractivity contribution in [2.45, 2.75) is 58.3 Å². The standard InChI is InChI=1S/C45H48N2O/c1-33-17-13-14-22-39(33)44(3,4)34(2)25-26-35-27-28-36(43(35)47(37-18-9-7-10-19-37)38-20-11-8-12-21-38)29-30-42-45(5,6)40-23-15-16-24-41(40)46(42)31-32-48/h7-26,29-30,48H,2,27-28,31-32H2,1,3-6H3/b26-25+,36-29+,42-30+. The van der Waals surface area contributed by atoms with Crippen LogP contribution >= 0.6 is 0 Å². The Kier molecular flexibility index (Phi) is 9.44. The van der Waals surface area contributed by atoms with Crippen molar-refractivity contribution in [1.29, 1.82) is 0 Å². The number of aryl methyl sites for hydroxylation is 1. The van der Waals surface area contributed by atoms with E-state index in [1.54, 1.807) is 0 Å². The van der Waals surface area contributed by atoms with Gasteiger partial charge in [-0.2, -0.15) is 0 Å². The van der Waals surface area contributed by atoms with Crippen LogP contribution in [-0.4, -0.2) is 18.3 Å². The summed E-state index contributed by atoms with van der Waals surface area (Å²) in [4.78, 5) is 4.70. The second-order valence-electron chi connectivity index (χ2n) is 13.9. The quantitative estimate of drug-likeness (QED) is 0.176. The first-order valence-electron chi connectivity index (χ1n) is 17.1. The molecule has 1 aliphatic carbocycles. The van der Waals surface area contributed by atoms with E-state index < -0.39 is 0 Å². The molecule has 3 nitrogen and oxygen atoms in total. The normalized spacial score (nSPS) is 17.5. The van der Waals surface area contributed by atoms with Gasteiger partial charge in [-0.15, -0.1) is 0 Å². The number of anilines is 3. The topological polar surface area (TPSA) is 26.7 Å². The Morgan fingerprint density at radius 3 is 2.08 bits per heavy atom. The molecule has 3 heteroatoms. The van der Waals surface area contributed by atoms with Crippen molar-refractivity contribution in [3.63, 3.8) is 0 Å². The minimum Gasteiger partial charge on any atom is -0.395 e. The summed E-state index contributed by atoms with van der Waals surface area (Å²) in [6.45, 7) is 16.5. The Bertz CT molecular complexity index is 1870. The number of para-hydroxylation sites is 3. The molecule has 2 aliphatic rings. The van der Waals surface area contributed by atoms with Gasteiger partial charge in [-0.1, -0.05) is 131 Å². The number of hydrogen-bond acceptors (Lipinski definition) is 3. The first-order valence-corrected chi connectivity index (χ1v) is 17.1. The molecule has 0 saturated heterocycles. The van der Waals surface area contributed by atoms with E-state index in [0.717, 1.165) is 29.8 Å². The molecular weight excluding hydrogens is 585 g/mol. The van der Waals surface area contributed by atoms with Crippen molar-refractivity contribution < 1.29 is 5.11 Å². The van der Waals surface area contributed by atoms with Crippen molar-refractivity contribution in [1.82, 2.24) is 0 Å². The molecule has 4 aromatic rings. The molecule has 0 atom stereocenters. The molecule has 1 aliphatic heterocycles. The van der Waals surface area contributed by atoms with Gasteiger partial charge in [0, 0.05) is 40.1 Å². The molecule has 0 spiro atoms. The molecule has 4 aromatic carbocycles. The molecule has 0 bridgehead atoms. The number of β-amino-alcohol motifs (C(OH)–C–C–N with tert-alkyl or cyclic N) is 1. The minimum atomic E-state index is -0.206.